The maximum atomic E-state index is 11.9. The summed E-state index contributed by atoms with van der Waals surface area (Å²) in [7, 11) is 0. The van der Waals surface area contributed by atoms with Gasteiger partial charge in [-0.25, -0.2) is 4.79 Å². The summed E-state index contributed by atoms with van der Waals surface area (Å²) in [5.41, 5.74) is 3.61. The maximum absolute atomic E-state index is 11.9. The molecule has 0 atom stereocenters. The average molecular weight is 354 g/mol. The van der Waals surface area contributed by atoms with Crippen LogP contribution >= 0.6 is 0 Å². The van der Waals surface area contributed by atoms with Crippen molar-refractivity contribution in [2.75, 3.05) is 13.3 Å². The Labute approximate surface area is 157 Å². The molecule has 0 saturated heterocycles. The normalized spacial score (nSPS) is 11.1. The van der Waals surface area contributed by atoms with Crippen LogP contribution in [0.1, 0.15) is 43.9 Å². The van der Waals surface area contributed by atoms with Crippen LogP contribution < -0.4 is 15.4 Å². The molecular weight excluding hydrogens is 324 g/mol. The molecule has 0 aliphatic carbocycles. The predicted molar refractivity (Wildman–Crippen MR) is 107 cm³/mol. The highest BCUT2D eigenvalue weighted by molar-refractivity contribution is 5.73. The van der Waals surface area contributed by atoms with Gasteiger partial charge in [0.2, 0.25) is 0 Å². The van der Waals surface area contributed by atoms with Gasteiger partial charge in [0, 0.05) is 6.54 Å². The second kappa shape index (κ2) is 9.27. The molecule has 2 aromatic carbocycles. The van der Waals surface area contributed by atoms with Crippen LogP contribution in [0.3, 0.4) is 0 Å². The molecule has 0 heterocycles. The maximum Gasteiger partial charge on any atom is 0.317 e. The van der Waals surface area contributed by atoms with Crippen molar-refractivity contribution in [1.29, 1.82) is 0 Å². The molecule has 2 rings (SSSR count). The van der Waals surface area contributed by atoms with Crippen molar-refractivity contribution < 1.29 is 9.53 Å². The van der Waals surface area contributed by atoms with Crippen molar-refractivity contribution in [2.24, 2.45) is 0 Å². The number of rotatable bonds is 7. The second-order valence-electron chi connectivity index (χ2n) is 7.56. The monoisotopic (exact) mass is 354 g/mol. The van der Waals surface area contributed by atoms with E-state index in [-0.39, 0.29) is 18.2 Å². The molecule has 26 heavy (non-hydrogen) atoms. The zero-order valence-electron chi connectivity index (χ0n) is 16.3. The van der Waals surface area contributed by atoms with Crippen LogP contribution in [-0.2, 0) is 11.8 Å². The summed E-state index contributed by atoms with van der Waals surface area (Å²) in [5, 5.41) is 5.61. The molecule has 0 unspecified atom stereocenters. The topological polar surface area (TPSA) is 50.4 Å². The van der Waals surface area contributed by atoms with Crippen molar-refractivity contribution in [3.63, 3.8) is 0 Å². The Balaban J connectivity index is 1.72. The van der Waals surface area contributed by atoms with Gasteiger partial charge in [0.1, 0.15) is 5.75 Å². The minimum Gasteiger partial charge on any atom is -0.473 e. The molecule has 0 aliphatic rings. The lowest BCUT2D eigenvalue weighted by Crippen LogP contribution is -2.38. The van der Waals surface area contributed by atoms with Gasteiger partial charge in [0.25, 0.3) is 0 Å². The summed E-state index contributed by atoms with van der Waals surface area (Å²) in [6, 6.07) is 16.2. The Morgan fingerprint density at radius 3 is 2.46 bits per heavy atom. The Kier molecular flexibility index (Phi) is 7.07. The number of ether oxygens (including phenoxy) is 1. The number of aryl methyl sites for hydroxylation is 2. The van der Waals surface area contributed by atoms with E-state index in [1.54, 1.807) is 0 Å². The van der Waals surface area contributed by atoms with Gasteiger partial charge < -0.3 is 15.4 Å². The van der Waals surface area contributed by atoms with Crippen LogP contribution in [0, 0.1) is 6.92 Å². The number of carbonyl (C=O) groups is 1. The van der Waals surface area contributed by atoms with E-state index in [0.717, 1.165) is 24.2 Å². The van der Waals surface area contributed by atoms with Crippen LogP contribution in [0.2, 0.25) is 0 Å². The van der Waals surface area contributed by atoms with Crippen LogP contribution in [0.25, 0.3) is 0 Å². The smallest absolute Gasteiger partial charge is 0.317 e. The third kappa shape index (κ3) is 6.43. The molecular formula is C22H30N2O2. The Morgan fingerprint density at radius 2 is 1.77 bits per heavy atom. The number of nitrogens with one attached hydrogen (secondary N) is 2. The summed E-state index contributed by atoms with van der Waals surface area (Å²) in [5.74, 6) is 0.812. The first-order valence-electron chi connectivity index (χ1n) is 9.16. The summed E-state index contributed by atoms with van der Waals surface area (Å²) in [6.07, 6.45) is 1.86. The van der Waals surface area contributed by atoms with E-state index in [0.29, 0.717) is 6.54 Å². The van der Waals surface area contributed by atoms with Crippen molar-refractivity contribution in [1.82, 2.24) is 10.6 Å². The molecule has 0 saturated carbocycles. The van der Waals surface area contributed by atoms with E-state index in [2.05, 4.69) is 56.5 Å². The zero-order valence-corrected chi connectivity index (χ0v) is 16.3. The van der Waals surface area contributed by atoms with Crippen LogP contribution in [0.4, 0.5) is 4.79 Å². The lowest BCUT2D eigenvalue weighted by molar-refractivity contribution is 0.223. The molecule has 2 amide bonds. The summed E-state index contributed by atoms with van der Waals surface area (Å²) in [4.78, 5) is 11.9. The number of amides is 2. The summed E-state index contributed by atoms with van der Waals surface area (Å²) >= 11 is 0. The Bertz CT molecular complexity index is 706. The summed E-state index contributed by atoms with van der Waals surface area (Å²) < 4.78 is 5.79. The lowest BCUT2D eigenvalue weighted by atomic mass is 9.85. The van der Waals surface area contributed by atoms with Crippen LogP contribution in [0.15, 0.2) is 48.5 Å². The first kappa shape index (κ1) is 19.8. The second-order valence-corrected chi connectivity index (χ2v) is 7.56. The zero-order chi connectivity index (χ0) is 19.0. The van der Waals surface area contributed by atoms with E-state index in [4.69, 9.17) is 4.74 Å². The third-order valence-electron chi connectivity index (χ3n) is 4.17. The molecule has 4 heteroatoms. The van der Waals surface area contributed by atoms with E-state index in [1.165, 1.54) is 11.1 Å². The van der Waals surface area contributed by atoms with Gasteiger partial charge >= 0.3 is 6.03 Å². The molecule has 0 aromatic heterocycles. The molecule has 0 bridgehead atoms. The fourth-order valence-electron chi connectivity index (χ4n) is 2.74. The SMILES string of the molecule is Cc1ccc(OCNC(=O)NCCCc2ccccc2)c(C(C)(C)C)c1. The average Bonchev–Trinajstić information content (AvgIpc) is 2.60. The number of carbonyl (C=O) groups excluding carboxylic acids is 1. The molecule has 2 N–H and O–H groups in total. The highest BCUT2D eigenvalue weighted by Crippen LogP contribution is 2.31. The number of urea groups is 1. The molecule has 0 radical (unpaired) electrons. The fraction of sp³-hybridized carbons (Fsp3) is 0.409. The number of benzene rings is 2. The largest absolute Gasteiger partial charge is 0.473 e. The quantitative estimate of drug-likeness (QED) is 0.566. The Morgan fingerprint density at radius 1 is 1.04 bits per heavy atom. The van der Waals surface area contributed by atoms with E-state index < -0.39 is 0 Å². The standard InChI is InChI=1S/C22H30N2O2/c1-17-12-13-20(19(15-17)22(2,3)4)26-16-24-21(25)23-14-8-11-18-9-6-5-7-10-18/h5-7,9-10,12-13,15H,8,11,14,16H2,1-4H3,(H2,23,24,25). The van der Waals surface area contributed by atoms with E-state index in [1.807, 2.05) is 30.3 Å². The van der Waals surface area contributed by atoms with Gasteiger partial charge in [0.05, 0.1) is 0 Å². The first-order chi connectivity index (χ1) is 12.4. The summed E-state index contributed by atoms with van der Waals surface area (Å²) in [6.45, 7) is 9.32. The van der Waals surface area contributed by atoms with E-state index in [9.17, 15) is 4.79 Å². The van der Waals surface area contributed by atoms with E-state index >= 15 is 0 Å². The molecule has 0 spiro atoms. The van der Waals surface area contributed by atoms with Gasteiger partial charge in [0.15, 0.2) is 6.73 Å². The van der Waals surface area contributed by atoms with Crippen molar-refractivity contribution in [3.05, 3.63) is 65.2 Å². The van der Waals surface area contributed by atoms with Gasteiger partial charge in [-0.1, -0.05) is 68.8 Å². The minimum absolute atomic E-state index is 0.0128. The molecule has 0 fully saturated rings. The lowest BCUT2D eigenvalue weighted by Gasteiger charge is -2.23. The van der Waals surface area contributed by atoms with Crippen LogP contribution in [0.5, 0.6) is 5.75 Å². The first-order valence-corrected chi connectivity index (χ1v) is 9.16. The van der Waals surface area contributed by atoms with Crippen molar-refractivity contribution in [2.45, 2.75) is 46.0 Å². The highest BCUT2D eigenvalue weighted by atomic mass is 16.5. The van der Waals surface area contributed by atoms with Gasteiger partial charge in [-0.05, 0) is 42.4 Å². The van der Waals surface area contributed by atoms with Gasteiger partial charge in [-0.15, -0.1) is 0 Å². The molecule has 2 aromatic rings. The predicted octanol–water partition coefficient (Wildman–Crippen LogP) is 4.56. The van der Waals surface area contributed by atoms with Gasteiger partial charge in [-0.3, -0.25) is 0 Å². The van der Waals surface area contributed by atoms with Crippen LogP contribution in [-0.4, -0.2) is 19.3 Å². The van der Waals surface area contributed by atoms with Crippen molar-refractivity contribution in [3.8, 4) is 5.75 Å². The minimum atomic E-state index is -0.206. The molecule has 140 valence electrons. The highest BCUT2D eigenvalue weighted by Gasteiger charge is 2.19. The molecule has 0 aliphatic heterocycles. The third-order valence-corrected chi connectivity index (χ3v) is 4.17. The Hall–Kier alpha value is -2.49. The van der Waals surface area contributed by atoms with Gasteiger partial charge in [-0.2, -0.15) is 0 Å². The van der Waals surface area contributed by atoms with Crippen molar-refractivity contribution >= 4 is 6.03 Å². The number of hydrogen-bond acceptors (Lipinski definition) is 2. The molecule has 4 nitrogen and oxygen atoms in total. The number of hydrogen-bond donors (Lipinski definition) is 2. The fourth-order valence-corrected chi connectivity index (χ4v) is 2.74.